The summed E-state index contributed by atoms with van der Waals surface area (Å²) in [5.41, 5.74) is 15.3. The fourth-order valence-corrected chi connectivity index (χ4v) is 8.58. The van der Waals surface area contributed by atoms with Crippen molar-refractivity contribution < 1.29 is 4.42 Å². The maximum atomic E-state index is 6.70. The zero-order valence-electron chi connectivity index (χ0n) is 31.1. The van der Waals surface area contributed by atoms with Crippen molar-refractivity contribution in [2.75, 3.05) is 4.90 Å². The smallest absolute Gasteiger partial charge is 0.143 e. The van der Waals surface area contributed by atoms with E-state index >= 15 is 0 Å². The maximum absolute atomic E-state index is 6.70. The highest BCUT2D eigenvalue weighted by Gasteiger charge is 2.20. The molecule has 0 atom stereocenters. The Kier molecular flexibility index (Phi) is 7.82. The molecule has 0 aliphatic carbocycles. The molecule has 0 radical (unpaired) electrons. The molecular formula is C54H36N2O. The van der Waals surface area contributed by atoms with Crippen LogP contribution in [0.2, 0.25) is 0 Å². The quantitative estimate of drug-likeness (QED) is 0.163. The molecule has 9 aromatic carbocycles. The fraction of sp³-hybridized carbons (Fsp3) is 0. The van der Waals surface area contributed by atoms with Crippen LogP contribution in [0.15, 0.2) is 223 Å². The molecule has 2 heterocycles. The van der Waals surface area contributed by atoms with Crippen LogP contribution >= 0.6 is 0 Å². The van der Waals surface area contributed by atoms with Gasteiger partial charge in [0.05, 0.1) is 11.0 Å². The zero-order valence-corrected chi connectivity index (χ0v) is 31.1. The number of rotatable bonds is 7. The van der Waals surface area contributed by atoms with Gasteiger partial charge in [-0.2, -0.15) is 0 Å². The number of aromatic nitrogens is 1. The van der Waals surface area contributed by atoms with E-state index in [9.17, 15) is 0 Å². The topological polar surface area (TPSA) is 21.3 Å². The molecule has 0 aliphatic heterocycles. The molecule has 3 heteroatoms. The molecule has 11 rings (SSSR count). The Morgan fingerprint density at radius 2 is 0.930 bits per heavy atom. The van der Waals surface area contributed by atoms with E-state index in [4.69, 9.17) is 4.42 Å². The van der Waals surface area contributed by atoms with Crippen LogP contribution < -0.4 is 4.90 Å². The van der Waals surface area contributed by atoms with Crippen LogP contribution in [0.5, 0.6) is 0 Å². The summed E-state index contributed by atoms with van der Waals surface area (Å²) in [6, 6.07) is 78.1. The lowest BCUT2D eigenvalue weighted by Gasteiger charge is -2.26. The molecule has 3 nitrogen and oxygen atoms in total. The van der Waals surface area contributed by atoms with E-state index in [1.165, 1.54) is 21.8 Å². The summed E-state index contributed by atoms with van der Waals surface area (Å²) in [5.74, 6) is 0. The number of anilines is 3. The number of fused-ring (bicyclic) bond motifs is 6. The molecule has 2 aromatic heterocycles. The summed E-state index contributed by atoms with van der Waals surface area (Å²) < 4.78 is 9.08. The zero-order chi connectivity index (χ0) is 37.7. The first-order chi connectivity index (χ1) is 28.3. The predicted molar refractivity (Wildman–Crippen MR) is 239 cm³/mol. The number of hydrogen-bond acceptors (Lipinski definition) is 2. The van der Waals surface area contributed by atoms with Gasteiger partial charge in [0, 0.05) is 49.9 Å². The normalized spacial score (nSPS) is 11.5. The van der Waals surface area contributed by atoms with Crippen LogP contribution in [0, 0.1) is 0 Å². The summed E-state index contributed by atoms with van der Waals surface area (Å²) in [5, 5.41) is 4.71. The SMILES string of the molecule is c1ccc(N(c2ccccc2)c2cccc(-c3ccc(-c4ccc5c6ccccc6n(-c6ccccc6)c5c4)cc3-c3cccc4c3oc3ccccc34)c2)cc1. The lowest BCUT2D eigenvalue weighted by molar-refractivity contribution is 0.670. The van der Waals surface area contributed by atoms with Crippen molar-refractivity contribution in [2.24, 2.45) is 0 Å². The van der Waals surface area contributed by atoms with Crippen molar-refractivity contribution in [2.45, 2.75) is 0 Å². The number of hydrogen-bond donors (Lipinski definition) is 0. The summed E-state index contributed by atoms with van der Waals surface area (Å²) in [6.07, 6.45) is 0. The number of nitrogens with zero attached hydrogens (tertiary/aromatic N) is 2. The third-order valence-corrected chi connectivity index (χ3v) is 11.2. The first-order valence-electron chi connectivity index (χ1n) is 19.4. The van der Waals surface area contributed by atoms with Crippen LogP contribution in [-0.2, 0) is 0 Å². The maximum Gasteiger partial charge on any atom is 0.143 e. The van der Waals surface area contributed by atoms with E-state index in [-0.39, 0.29) is 0 Å². The molecule has 0 amide bonds. The molecule has 0 saturated heterocycles. The van der Waals surface area contributed by atoms with Crippen molar-refractivity contribution in [1.29, 1.82) is 0 Å². The van der Waals surface area contributed by atoms with Gasteiger partial charge in [-0.1, -0.05) is 146 Å². The monoisotopic (exact) mass is 728 g/mol. The summed E-state index contributed by atoms with van der Waals surface area (Å²) >= 11 is 0. The minimum atomic E-state index is 0.889. The largest absolute Gasteiger partial charge is 0.455 e. The Morgan fingerprint density at radius 3 is 1.72 bits per heavy atom. The Hall–Kier alpha value is -7.62. The van der Waals surface area contributed by atoms with E-state index in [1.807, 2.05) is 6.07 Å². The van der Waals surface area contributed by atoms with Crippen molar-refractivity contribution >= 4 is 60.8 Å². The molecule has 0 saturated carbocycles. The van der Waals surface area contributed by atoms with Crippen molar-refractivity contribution in [1.82, 2.24) is 4.57 Å². The highest BCUT2D eigenvalue weighted by atomic mass is 16.3. The average Bonchev–Trinajstić information content (AvgIpc) is 3.83. The van der Waals surface area contributed by atoms with Crippen molar-refractivity contribution in [3.05, 3.63) is 218 Å². The van der Waals surface area contributed by atoms with Gasteiger partial charge in [0.15, 0.2) is 0 Å². The lowest BCUT2D eigenvalue weighted by Crippen LogP contribution is -2.09. The number of furan rings is 1. The summed E-state index contributed by atoms with van der Waals surface area (Å²) in [7, 11) is 0. The van der Waals surface area contributed by atoms with Gasteiger partial charge in [-0.05, 0) is 101 Å². The van der Waals surface area contributed by atoms with Crippen LogP contribution in [0.3, 0.4) is 0 Å². The van der Waals surface area contributed by atoms with Crippen molar-refractivity contribution in [3.63, 3.8) is 0 Å². The second kappa shape index (κ2) is 13.6. The van der Waals surface area contributed by atoms with Gasteiger partial charge >= 0.3 is 0 Å². The van der Waals surface area contributed by atoms with E-state index < -0.39 is 0 Å². The lowest BCUT2D eigenvalue weighted by atomic mass is 9.90. The van der Waals surface area contributed by atoms with E-state index in [1.54, 1.807) is 0 Å². The Labute approximate surface area is 330 Å². The molecule has 0 fully saturated rings. The highest BCUT2D eigenvalue weighted by Crippen LogP contribution is 2.44. The first-order valence-corrected chi connectivity index (χ1v) is 19.4. The first kappa shape index (κ1) is 32.8. The molecule has 0 spiro atoms. The summed E-state index contributed by atoms with van der Waals surface area (Å²) in [4.78, 5) is 2.32. The Bertz CT molecular complexity index is 3190. The average molecular weight is 729 g/mol. The van der Waals surface area contributed by atoms with E-state index in [0.717, 1.165) is 78.1 Å². The van der Waals surface area contributed by atoms with Gasteiger partial charge in [0.2, 0.25) is 0 Å². The second-order valence-corrected chi connectivity index (χ2v) is 14.5. The molecule has 268 valence electrons. The van der Waals surface area contributed by atoms with Crippen LogP contribution in [0.4, 0.5) is 17.1 Å². The van der Waals surface area contributed by atoms with Gasteiger partial charge in [0.1, 0.15) is 11.2 Å². The number of benzene rings is 9. The highest BCUT2D eigenvalue weighted by molar-refractivity contribution is 6.12. The molecule has 0 N–H and O–H groups in total. The third-order valence-electron chi connectivity index (χ3n) is 11.2. The molecule has 11 aromatic rings. The molecular weight excluding hydrogens is 693 g/mol. The Morgan fingerprint density at radius 1 is 0.333 bits per heavy atom. The van der Waals surface area contributed by atoms with Crippen molar-refractivity contribution in [3.8, 4) is 39.1 Å². The molecule has 0 bridgehead atoms. The van der Waals surface area contributed by atoms with Gasteiger partial charge < -0.3 is 13.9 Å². The van der Waals surface area contributed by atoms with Gasteiger partial charge in [-0.25, -0.2) is 0 Å². The van der Waals surface area contributed by atoms with E-state index in [2.05, 4.69) is 222 Å². The van der Waals surface area contributed by atoms with Gasteiger partial charge in [-0.15, -0.1) is 0 Å². The minimum absolute atomic E-state index is 0.889. The van der Waals surface area contributed by atoms with Crippen LogP contribution in [-0.4, -0.2) is 4.57 Å². The third kappa shape index (κ3) is 5.60. The molecule has 57 heavy (non-hydrogen) atoms. The van der Waals surface area contributed by atoms with Crippen LogP contribution in [0.25, 0.3) is 82.8 Å². The molecule has 0 aliphatic rings. The van der Waals surface area contributed by atoms with E-state index in [0.29, 0.717) is 0 Å². The van der Waals surface area contributed by atoms with Crippen LogP contribution in [0.1, 0.15) is 0 Å². The fourth-order valence-electron chi connectivity index (χ4n) is 8.58. The Balaban J connectivity index is 1.13. The summed E-state index contributed by atoms with van der Waals surface area (Å²) in [6.45, 7) is 0. The minimum Gasteiger partial charge on any atom is -0.455 e. The molecule has 0 unspecified atom stereocenters. The number of para-hydroxylation sites is 6. The predicted octanol–water partition coefficient (Wildman–Crippen LogP) is 15.2. The van der Waals surface area contributed by atoms with Gasteiger partial charge in [-0.3, -0.25) is 0 Å². The second-order valence-electron chi connectivity index (χ2n) is 14.5. The van der Waals surface area contributed by atoms with Gasteiger partial charge in [0.25, 0.3) is 0 Å². The standard InChI is InChI=1S/C54H36N2O/c1-4-17-40(18-5-1)55(41-19-6-2-7-20-41)43-23-14-16-39(34-43)44-32-30-37(35-50(44)49-27-15-26-48-47-25-11-13-29-53(47)57-54(48)49)38-31-33-46-45-24-10-12-28-51(45)56(52(46)36-38)42-21-8-3-9-22-42/h1-36H.